The molecule has 0 saturated carbocycles. The summed E-state index contributed by atoms with van der Waals surface area (Å²) in [5, 5.41) is 0. The summed E-state index contributed by atoms with van der Waals surface area (Å²) in [6.45, 7) is 0. The summed E-state index contributed by atoms with van der Waals surface area (Å²) in [6.07, 6.45) is 8.58. The van der Waals surface area contributed by atoms with Gasteiger partial charge in [0.05, 0.1) is 5.92 Å². The van der Waals surface area contributed by atoms with E-state index in [4.69, 9.17) is 5.73 Å². The smallest absolute Gasteiger partial charge is 0.225 e. The molecule has 18 heavy (non-hydrogen) atoms. The average Bonchev–Trinajstić information content (AvgIpc) is 2.38. The van der Waals surface area contributed by atoms with Crippen LogP contribution in [0.5, 0.6) is 0 Å². The summed E-state index contributed by atoms with van der Waals surface area (Å²) < 4.78 is 13.7. The number of benzene rings is 1. The Morgan fingerprint density at radius 1 is 1.33 bits per heavy atom. The highest BCUT2D eigenvalue weighted by molar-refractivity contribution is 5.82. The van der Waals surface area contributed by atoms with Crippen LogP contribution in [0.15, 0.2) is 48.1 Å². The number of hydrogen-bond donors (Lipinski definition) is 1. The van der Waals surface area contributed by atoms with Crippen molar-refractivity contribution in [2.75, 3.05) is 0 Å². The molecule has 0 aromatic heterocycles. The van der Waals surface area contributed by atoms with E-state index in [2.05, 4.69) is 12.2 Å². The van der Waals surface area contributed by atoms with E-state index in [1.807, 2.05) is 6.08 Å². The molecule has 2 N–H and O–H groups in total. The van der Waals surface area contributed by atoms with Gasteiger partial charge in [-0.05, 0) is 25.3 Å². The summed E-state index contributed by atoms with van der Waals surface area (Å²) in [5.41, 5.74) is 6.83. The van der Waals surface area contributed by atoms with Crippen LogP contribution in [0.2, 0.25) is 0 Å². The van der Waals surface area contributed by atoms with E-state index < -0.39 is 11.8 Å². The predicted molar refractivity (Wildman–Crippen MR) is 69.4 cm³/mol. The van der Waals surface area contributed by atoms with E-state index in [-0.39, 0.29) is 5.82 Å². The fourth-order valence-corrected chi connectivity index (χ4v) is 2.18. The van der Waals surface area contributed by atoms with Gasteiger partial charge in [-0.2, -0.15) is 0 Å². The molecule has 0 fully saturated rings. The maximum Gasteiger partial charge on any atom is 0.225 e. The molecular weight excluding hydrogens is 229 g/mol. The van der Waals surface area contributed by atoms with Crippen molar-refractivity contribution in [1.82, 2.24) is 0 Å². The Morgan fingerprint density at radius 2 is 2.11 bits per heavy atom. The minimum absolute atomic E-state index is 0.373. The average molecular weight is 245 g/mol. The van der Waals surface area contributed by atoms with Crippen LogP contribution < -0.4 is 5.73 Å². The van der Waals surface area contributed by atoms with Gasteiger partial charge in [0.25, 0.3) is 0 Å². The molecule has 0 spiro atoms. The highest BCUT2D eigenvalue weighted by atomic mass is 19.1. The van der Waals surface area contributed by atoms with Gasteiger partial charge >= 0.3 is 0 Å². The van der Waals surface area contributed by atoms with Crippen molar-refractivity contribution in [2.45, 2.75) is 25.2 Å². The standard InChI is InChI=1S/C15H16FNO/c16-14-9-5-4-8-12(14)13(15(17)18)10-11-6-2-1-3-7-11/h2,4-9,13H,1,3,10H2,(H2,17,18). The number of carbonyl (C=O) groups excluding carboxylic acids is 1. The van der Waals surface area contributed by atoms with Crippen LogP contribution in [-0.2, 0) is 4.79 Å². The molecule has 1 atom stereocenters. The first-order chi connectivity index (χ1) is 8.68. The van der Waals surface area contributed by atoms with Crippen molar-refractivity contribution in [3.05, 3.63) is 59.4 Å². The first-order valence-corrected chi connectivity index (χ1v) is 6.08. The zero-order valence-electron chi connectivity index (χ0n) is 10.1. The maximum atomic E-state index is 13.7. The van der Waals surface area contributed by atoms with E-state index in [0.29, 0.717) is 12.0 Å². The second-order valence-electron chi connectivity index (χ2n) is 4.44. The van der Waals surface area contributed by atoms with Crippen LogP contribution in [0.3, 0.4) is 0 Å². The zero-order chi connectivity index (χ0) is 13.0. The van der Waals surface area contributed by atoms with Crippen LogP contribution in [0.1, 0.15) is 30.7 Å². The van der Waals surface area contributed by atoms with Crippen molar-refractivity contribution >= 4 is 5.91 Å². The normalized spacial score (nSPS) is 16.2. The lowest BCUT2D eigenvalue weighted by atomic mass is 9.89. The number of rotatable bonds is 4. The van der Waals surface area contributed by atoms with Gasteiger partial charge in [0.2, 0.25) is 5.91 Å². The van der Waals surface area contributed by atoms with Crippen LogP contribution in [0.4, 0.5) is 4.39 Å². The molecule has 1 amide bonds. The van der Waals surface area contributed by atoms with Crippen molar-refractivity contribution < 1.29 is 9.18 Å². The molecule has 1 aliphatic rings. The molecule has 0 aliphatic heterocycles. The zero-order valence-corrected chi connectivity index (χ0v) is 10.1. The Balaban J connectivity index is 2.24. The van der Waals surface area contributed by atoms with E-state index in [0.717, 1.165) is 18.4 Å². The number of amides is 1. The number of primary amides is 1. The van der Waals surface area contributed by atoms with E-state index >= 15 is 0 Å². The second-order valence-corrected chi connectivity index (χ2v) is 4.44. The minimum Gasteiger partial charge on any atom is -0.369 e. The van der Waals surface area contributed by atoms with Crippen LogP contribution in [-0.4, -0.2) is 5.91 Å². The summed E-state index contributed by atoms with van der Waals surface area (Å²) >= 11 is 0. The Hall–Kier alpha value is -1.90. The van der Waals surface area contributed by atoms with Crippen LogP contribution in [0.25, 0.3) is 0 Å². The maximum absolute atomic E-state index is 13.7. The minimum atomic E-state index is -0.597. The number of allylic oxidation sites excluding steroid dienone is 4. The summed E-state index contributed by atoms with van der Waals surface area (Å²) in [4.78, 5) is 11.5. The van der Waals surface area contributed by atoms with Crippen LogP contribution in [0, 0.1) is 5.82 Å². The summed E-state index contributed by atoms with van der Waals surface area (Å²) in [5.74, 6) is -1.46. The first-order valence-electron chi connectivity index (χ1n) is 6.08. The lowest BCUT2D eigenvalue weighted by Gasteiger charge is -2.16. The SMILES string of the molecule is NC(=O)C(CC1=CCCC=C1)c1ccccc1F. The van der Waals surface area contributed by atoms with Gasteiger partial charge < -0.3 is 5.73 Å². The quantitative estimate of drug-likeness (QED) is 0.870. The molecule has 94 valence electrons. The van der Waals surface area contributed by atoms with Gasteiger partial charge in [-0.1, -0.05) is 42.0 Å². The van der Waals surface area contributed by atoms with Crippen LogP contribution >= 0.6 is 0 Å². The topological polar surface area (TPSA) is 43.1 Å². The fourth-order valence-electron chi connectivity index (χ4n) is 2.18. The largest absolute Gasteiger partial charge is 0.369 e. The van der Waals surface area contributed by atoms with Gasteiger partial charge in [-0.15, -0.1) is 0 Å². The number of halogens is 1. The third-order valence-corrected chi connectivity index (χ3v) is 3.14. The summed E-state index contributed by atoms with van der Waals surface area (Å²) in [6, 6.07) is 6.31. The third kappa shape index (κ3) is 2.86. The molecule has 1 unspecified atom stereocenters. The molecule has 0 saturated heterocycles. The molecule has 2 nitrogen and oxygen atoms in total. The lowest BCUT2D eigenvalue weighted by Crippen LogP contribution is -2.22. The van der Waals surface area contributed by atoms with Crippen molar-refractivity contribution in [1.29, 1.82) is 0 Å². The van der Waals surface area contributed by atoms with Crippen molar-refractivity contribution in [2.24, 2.45) is 5.73 Å². The number of nitrogens with two attached hydrogens (primary N) is 1. The molecule has 0 bridgehead atoms. The molecule has 1 aromatic carbocycles. The highest BCUT2D eigenvalue weighted by Gasteiger charge is 2.22. The number of carbonyl (C=O) groups is 1. The highest BCUT2D eigenvalue weighted by Crippen LogP contribution is 2.27. The fraction of sp³-hybridized carbons (Fsp3) is 0.267. The lowest BCUT2D eigenvalue weighted by molar-refractivity contribution is -0.119. The molecule has 0 radical (unpaired) electrons. The van der Waals surface area contributed by atoms with E-state index in [9.17, 15) is 9.18 Å². The molecule has 2 rings (SSSR count). The van der Waals surface area contributed by atoms with Crippen molar-refractivity contribution in [3.63, 3.8) is 0 Å². The Kier molecular flexibility index (Phi) is 3.92. The first kappa shape index (κ1) is 12.6. The second kappa shape index (κ2) is 5.63. The van der Waals surface area contributed by atoms with Crippen molar-refractivity contribution in [3.8, 4) is 0 Å². The summed E-state index contributed by atoms with van der Waals surface area (Å²) in [7, 11) is 0. The Morgan fingerprint density at radius 3 is 2.72 bits per heavy atom. The monoisotopic (exact) mass is 245 g/mol. The number of hydrogen-bond acceptors (Lipinski definition) is 1. The van der Waals surface area contributed by atoms with E-state index in [1.165, 1.54) is 6.07 Å². The third-order valence-electron chi connectivity index (χ3n) is 3.14. The van der Waals surface area contributed by atoms with Gasteiger partial charge in [0.15, 0.2) is 0 Å². The molecule has 3 heteroatoms. The van der Waals surface area contributed by atoms with Gasteiger partial charge in [-0.3, -0.25) is 4.79 Å². The van der Waals surface area contributed by atoms with Gasteiger partial charge in [-0.25, -0.2) is 4.39 Å². The molecular formula is C15H16FNO. The van der Waals surface area contributed by atoms with Gasteiger partial charge in [0.1, 0.15) is 5.82 Å². The molecule has 1 aliphatic carbocycles. The Labute approximate surface area is 106 Å². The molecule has 0 heterocycles. The van der Waals surface area contributed by atoms with E-state index in [1.54, 1.807) is 18.2 Å². The van der Waals surface area contributed by atoms with Gasteiger partial charge in [0, 0.05) is 5.56 Å². The molecule has 1 aromatic rings. The predicted octanol–water partition coefficient (Wildman–Crippen LogP) is 3.06. The Bertz CT molecular complexity index is 505.